The first-order valence-corrected chi connectivity index (χ1v) is 7.22. The monoisotopic (exact) mass is 285 g/mol. The van der Waals surface area contributed by atoms with Gasteiger partial charge in [-0.3, -0.25) is 0 Å². The Balaban J connectivity index is 1.83. The van der Waals surface area contributed by atoms with E-state index in [4.69, 9.17) is 9.47 Å². The molecule has 2 N–H and O–H groups in total. The highest BCUT2D eigenvalue weighted by atomic mass is 16.6. The van der Waals surface area contributed by atoms with Gasteiger partial charge in [0.25, 0.3) is 0 Å². The Morgan fingerprint density at radius 2 is 1.86 bits per heavy atom. The van der Waals surface area contributed by atoms with E-state index >= 15 is 0 Å². The van der Waals surface area contributed by atoms with Gasteiger partial charge in [0.2, 0.25) is 0 Å². The van der Waals surface area contributed by atoms with E-state index in [1.54, 1.807) is 6.07 Å². The van der Waals surface area contributed by atoms with E-state index in [0.29, 0.717) is 19.0 Å². The maximum Gasteiger partial charge on any atom is 0.163 e. The zero-order chi connectivity index (χ0) is 14.7. The standard InChI is InChI=1S/C17H19NO3/c1-2-14(13-5-3-4-6-15(13)19)18-12-7-8-16-17(11-12)21-10-9-20-16/h3-8,11,14,18-19H,2,9-10H2,1H3. The molecule has 0 amide bonds. The van der Waals surface area contributed by atoms with Crippen LogP contribution in [0.15, 0.2) is 42.5 Å². The van der Waals surface area contributed by atoms with Crippen molar-refractivity contribution in [1.29, 1.82) is 0 Å². The second-order valence-electron chi connectivity index (χ2n) is 5.02. The van der Waals surface area contributed by atoms with Gasteiger partial charge in [-0.15, -0.1) is 0 Å². The summed E-state index contributed by atoms with van der Waals surface area (Å²) in [5.41, 5.74) is 1.85. The molecule has 1 aliphatic rings. The lowest BCUT2D eigenvalue weighted by Gasteiger charge is -2.22. The number of fused-ring (bicyclic) bond motifs is 1. The first-order valence-electron chi connectivity index (χ1n) is 7.22. The van der Waals surface area contributed by atoms with E-state index in [1.807, 2.05) is 36.4 Å². The van der Waals surface area contributed by atoms with E-state index in [9.17, 15) is 5.11 Å². The number of aromatic hydroxyl groups is 1. The first-order chi connectivity index (χ1) is 10.3. The van der Waals surface area contributed by atoms with Gasteiger partial charge >= 0.3 is 0 Å². The Morgan fingerprint density at radius 3 is 2.62 bits per heavy atom. The third kappa shape index (κ3) is 2.89. The van der Waals surface area contributed by atoms with Crippen LogP contribution in [0.5, 0.6) is 17.2 Å². The molecule has 0 aliphatic carbocycles. The van der Waals surface area contributed by atoms with E-state index in [-0.39, 0.29) is 6.04 Å². The van der Waals surface area contributed by atoms with Crippen LogP contribution in [0, 0.1) is 0 Å². The number of hydrogen-bond donors (Lipinski definition) is 2. The predicted molar refractivity (Wildman–Crippen MR) is 82.2 cm³/mol. The third-order valence-electron chi connectivity index (χ3n) is 3.60. The zero-order valence-corrected chi connectivity index (χ0v) is 12.0. The van der Waals surface area contributed by atoms with Crippen LogP contribution >= 0.6 is 0 Å². The van der Waals surface area contributed by atoms with Gasteiger partial charge < -0.3 is 19.9 Å². The lowest BCUT2D eigenvalue weighted by molar-refractivity contribution is 0.171. The largest absolute Gasteiger partial charge is 0.508 e. The summed E-state index contributed by atoms with van der Waals surface area (Å²) in [6.07, 6.45) is 0.867. The molecule has 21 heavy (non-hydrogen) atoms. The Labute approximate surface area is 124 Å². The van der Waals surface area contributed by atoms with Gasteiger partial charge in [-0.05, 0) is 24.6 Å². The summed E-state index contributed by atoms with van der Waals surface area (Å²) in [7, 11) is 0. The lowest BCUT2D eigenvalue weighted by atomic mass is 10.0. The molecule has 2 aromatic carbocycles. The molecule has 1 unspecified atom stereocenters. The summed E-state index contributed by atoms with van der Waals surface area (Å²) in [6.45, 7) is 3.25. The summed E-state index contributed by atoms with van der Waals surface area (Å²) < 4.78 is 11.1. The van der Waals surface area contributed by atoms with E-state index in [1.165, 1.54) is 0 Å². The molecular weight excluding hydrogens is 266 g/mol. The molecule has 0 radical (unpaired) electrons. The fourth-order valence-corrected chi connectivity index (χ4v) is 2.52. The van der Waals surface area contributed by atoms with E-state index < -0.39 is 0 Å². The van der Waals surface area contributed by atoms with Crippen molar-refractivity contribution in [2.75, 3.05) is 18.5 Å². The van der Waals surface area contributed by atoms with Crippen molar-refractivity contribution in [2.24, 2.45) is 0 Å². The van der Waals surface area contributed by atoms with Crippen molar-refractivity contribution in [1.82, 2.24) is 0 Å². The smallest absolute Gasteiger partial charge is 0.163 e. The number of benzene rings is 2. The van der Waals surface area contributed by atoms with Gasteiger partial charge in [-0.1, -0.05) is 25.1 Å². The summed E-state index contributed by atoms with van der Waals surface area (Å²) in [5.74, 6) is 1.86. The molecular formula is C17H19NO3. The maximum atomic E-state index is 10.00. The minimum absolute atomic E-state index is 0.0498. The number of rotatable bonds is 4. The minimum Gasteiger partial charge on any atom is -0.508 e. The Bertz CT molecular complexity index is 627. The van der Waals surface area contributed by atoms with Gasteiger partial charge in [0, 0.05) is 17.3 Å². The Kier molecular flexibility index (Phi) is 3.86. The van der Waals surface area contributed by atoms with Crippen molar-refractivity contribution in [3.63, 3.8) is 0 Å². The summed E-state index contributed by atoms with van der Waals surface area (Å²) in [4.78, 5) is 0. The molecule has 3 rings (SSSR count). The highest BCUT2D eigenvalue weighted by Crippen LogP contribution is 2.35. The second-order valence-corrected chi connectivity index (χ2v) is 5.02. The third-order valence-corrected chi connectivity index (χ3v) is 3.60. The van der Waals surface area contributed by atoms with Crippen LogP contribution in [0.4, 0.5) is 5.69 Å². The van der Waals surface area contributed by atoms with Crippen molar-refractivity contribution < 1.29 is 14.6 Å². The van der Waals surface area contributed by atoms with Gasteiger partial charge in [-0.25, -0.2) is 0 Å². The number of hydrogen-bond acceptors (Lipinski definition) is 4. The van der Waals surface area contributed by atoms with Crippen molar-refractivity contribution in [2.45, 2.75) is 19.4 Å². The molecule has 110 valence electrons. The normalized spacial score (nSPS) is 14.5. The van der Waals surface area contributed by atoms with E-state index in [0.717, 1.165) is 29.2 Å². The van der Waals surface area contributed by atoms with Crippen LogP contribution < -0.4 is 14.8 Å². The Hall–Kier alpha value is -2.36. The highest BCUT2D eigenvalue weighted by molar-refractivity contribution is 5.56. The number of anilines is 1. The van der Waals surface area contributed by atoms with Crippen LogP contribution in [0.1, 0.15) is 24.9 Å². The highest BCUT2D eigenvalue weighted by Gasteiger charge is 2.16. The van der Waals surface area contributed by atoms with Crippen molar-refractivity contribution >= 4 is 5.69 Å². The van der Waals surface area contributed by atoms with Gasteiger partial charge in [0.05, 0.1) is 6.04 Å². The molecule has 1 aliphatic heterocycles. The number of phenols is 1. The summed E-state index contributed by atoms with van der Waals surface area (Å²) >= 11 is 0. The number of nitrogens with one attached hydrogen (secondary N) is 1. The molecule has 0 bridgehead atoms. The van der Waals surface area contributed by atoms with Crippen LogP contribution in [-0.2, 0) is 0 Å². The van der Waals surface area contributed by atoms with Gasteiger partial charge in [-0.2, -0.15) is 0 Å². The van der Waals surface area contributed by atoms with Crippen LogP contribution in [0.25, 0.3) is 0 Å². The number of phenolic OH excluding ortho intramolecular Hbond substituents is 1. The van der Waals surface area contributed by atoms with Crippen molar-refractivity contribution in [3.05, 3.63) is 48.0 Å². The topological polar surface area (TPSA) is 50.7 Å². The van der Waals surface area contributed by atoms with Gasteiger partial charge in [0.15, 0.2) is 11.5 Å². The SMILES string of the molecule is CCC(Nc1ccc2c(c1)OCCO2)c1ccccc1O. The molecule has 4 heteroatoms. The average molecular weight is 285 g/mol. The maximum absolute atomic E-state index is 10.00. The molecule has 1 heterocycles. The quantitative estimate of drug-likeness (QED) is 0.898. The van der Waals surface area contributed by atoms with Gasteiger partial charge in [0.1, 0.15) is 19.0 Å². The minimum atomic E-state index is 0.0498. The number of ether oxygens (including phenoxy) is 2. The number of para-hydroxylation sites is 1. The van der Waals surface area contributed by atoms with Crippen LogP contribution in [-0.4, -0.2) is 18.3 Å². The molecule has 0 fully saturated rings. The molecule has 0 aromatic heterocycles. The molecule has 1 atom stereocenters. The lowest BCUT2D eigenvalue weighted by Crippen LogP contribution is -2.16. The molecule has 2 aromatic rings. The van der Waals surface area contributed by atoms with E-state index in [2.05, 4.69) is 12.2 Å². The fraction of sp³-hybridized carbons (Fsp3) is 0.294. The fourth-order valence-electron chi connectivity index (χ4n) is 2.52. The molecule has 0 spiro atoms. The average Bonchev–Trinajstić information content (AvgIpc) is 2.53. The summed E-state index contributed by atoms with van der Waals surface area (Å²) in [6, 6.07) is 13.3. The zero-order valence-electron chi connectivity index (χ0n) is 12.0. The molecule has 4 nitrogen and oxygen atoms in total. The van der Waals surface area contributed by atoms with Crippen LogP contribution in [0.2, 0.25) is 0 Å². The molecule has 0 saturated carbocycles. The van der Waals surface area contributed by atoms with Crippen molar-refractivity contribution in [3.8, 4) is 17.2 Å². The summed E-state index contributed by atoms with van der Waals surface area (Å²) in [5, 5.41) is 13.4. The predicted octanol–water partition coefficient (Wildman–Crippen LogP) is 3.73. The first kappa shape index (κ1) is 13.6. The Morgan fingerprint density at radius 1 is 1.10 bits per heavy atom. The van der Waals surface area contributed by atoms with Crippen LogP contribution in [0.3, 0.4) is 0 Å². The second kappa shape index (κ2) is 5.95. The molecule has 0 saturated heterocycles.